The second-order valence-electron chi connectivity index (χ2n) is 7.13. The van der Waals surface area contributed by atoms with Gasteiger partial charge in [-0.2, -0.15) is 0 Å². The lowest BCUT2D eigenvalue weighted by atomic mass is 10.2. The van der Waals surface area contributed by atoms with Crippen LogP contribution in [-0.4, -0.2) is 62.8 Å². The van der Waals surface area contributed by atoms with Crippen molar-refractivity contribution in [3.8, 4) is 0 Å². The lowest BCUT2D eigenvalue weighted by molar-refractivity contribution is -0.0284. The minimum absolute atomic E-state index is 0.261. The van der Waals surface area contributed by atoms with Crippen LogP contribution in [0.5, 0.6) is 0 Å². The van der Waals surface area contributed by atoms with E-state index in [1.54, 1.807) is 0 Å². The predicted octanol–water partition coefficient (Wildman–Crippen LogP) is 1.70. The summed E-state index contributed by atoms with van der Waals surface area (Å²) in [5.74, 6) is 2.48. The van der Waals surface area contributed by atoms with Gasteiger partial charge in [0.05, 0.1) is 12.7 Å². The minimum Gasteiger partial charge on any atom is -0.374 e. The van der Waals surface area contributed by atoms with Crippen LogP contribution in [0.1, 0.15) is 40.0 Å². The van der Waals surface area contributed by atoms with Gasteiger partial charge in [-0.25, -0.2) is 0 Å². The number of rotatable bonds is 7. The highest BCUT2D eigenvalue weighted by atomic mass is 16.5. The summed E-state index contributed by atoms with van der Waals surface area (Å²) in [4.78, 5) is 6.85. The van der Waals surface area contributed by atoms with Gasteiger partial charge in [-0.05, 0) is 24.7 Å². The molecule has 0 aromatic rings. The van der Waals surface area contributed by atoms with Crippen molar-refractivity contribution in [1.82, 2.24) is 15.5 Å². The molecule has 0 aromatic heterocycles. The molecule has 0 radical (unpaired) electrons. The topological polar surface area (TPSA) is 48.9 Å². The van der Waals surface area contributed by atoms with Crippen LogP contribution in [0.25, 0.3) is 0 Å². The summed E-state index contributed by atoms with van der Waals surface area (Å²) in [6.07, 6.45) is 4.15. The highest BCUT2D eigenvalue weighted by molar-refractivity contribution is 5.80. The fourth-order valence-electron chi connectivity index (χ4n) is 3.28. The van der Waals surface area contributed by atoms with E-state index >= 15 is 0 Å². The summed E-state index contributed by atoms with van der Waals surface area (Å²) >= 11 is 0. The predicted molar refractivity (Wildman–Crippen MR) is 92.3 cm³/mol. The molecule has 2 aliphatic rings. The van der Waals surface area contributed by atoms with Crippen molar-refractivity contribution in [1.29, 1.82) is 0 Å². The first kappa shape index (κ1) is 17.5. The van der Waals surface area contributed by atoms with E-state index < -0.39 is 0 Å². The van der Waals surface area contributed by atoms with Gasteiger partial charge in [0, 0.05) is 39.3 Å². The van der Waals surface area contributed by atoms with Crippen LogP contribution < -0.4 is 10.6 Å². The molecule has 1 aliphatic carbocycles. The van der Waals surface area contributed by atoms with E-state index in [4.69, 9.17) is 4.74 Å². The van der Waals surface area contributed by atoms with E-state index in [-0.39, 0.29) is 6.10 Å². The first-order valence-corrected chi connectivity index (χ1v) is 8.93. The monoisotopic (exact) mass is 310 g/mol. The molecular formula is C17H34N4O. The average molecular weight is 310 g/mol. The van der Waals surface area contributed by atoms with Crippen LogP contribution >= 0.6 is 0 Å². The third-order valence-corrected chi connectivity index (χ3v) is 4.47. The van der Waals surface area contributed by atoms with Crippen LogP contribution in [0.15, 0.2) is 4.99 Å². The van der Waals surface area contributed by atoms with Gasteiger partial charge >= 0.3 is 0 Å². The fourth-order valence-corrected chi connectivity index (χ4v) is 3.28. The zero-order valence-corrected chi connectivity index (χ0v) is 14.8. The van der Waals surface area contributed by atoms with Crippen LogP contribution in [0.3, 0.4) is 0 Å². The highest BCUT2D eigenvalue weighted by Crippen LogP contribution is 2.34. The number of ether oxygens (including phenoxy) is 1. The summed E-state index contributed by atoms with van der Waals surface area (Å²) < 4.78 is 5.88. The van der Waals surface area contributed by atoms with Crippen molar-refractivity contribution in [2.75, 3.05) is 39.8 Å². The smallest absolute Gasteiger partial charge is 0.191 e. The molecule has 0 aromatic carbocycles. The Bertz CT molecular complexity index is 359. The van der Waals surface area contributed by atoms with E-state index in [1.165, 1.54) is 19.3 Å². The molecule has 3 unspecified atom stereocenters. The molecule has 2 rings (SSSR count). The second-order valence-corrected chi connectivity index (χ2v) is 7.13. The summed E-state index contributed by atoms with van der Waals surface area (Å²) in [5.41, 5.74) is 0. The maximum absolute atomic E-state index is 5.88. The Morgan fingerprint density at radius 2 is 2.23 bits per heavy atom. The zero-order valence-electron chi connectivity index (χ0n) is 14.8. The third kappa shape index (κ3) is 5.76. The number of hydrogen-bond acceptors (Lipinski definition) is 3. The molecule has 128 valence electrons. The molecule has 2 N–H and O–H groups in total. The Balaban J connectivity index is 1.67. The van der Waals surface area contributed by atoms with Crippen LogP contribution in [0, 0.1) is 11.8 Å². The van der Waals surface area contributed by atoms with Gasteiger partial charge in [-0.1, -0.05) is 27.2 Å². The zero-order chi connectivity index (χ0) is 15.9. The fraction of sp³-hybridized carbons (Fsp3) is 0.941. The molecule has 1 saturated heterocycles. The van der Waals surface area contributed by atoms with Crippen LogP contribution in [0.4, 0.5) is 0 Å². The average Bonchev–Trinajstić information content (AvgIpc) is 3.21. The van der Waals surface area contributed by atoms with E-state index in [0.717, 1.165) is 44.7 Å². The molecule has 0 bridgehead atoms. The van der Waals surface area contributed by atoms with E-state index in [0.29, 0.717) is 12.0 Å². The van der Waals surface area contributed by atoms with Crippen molar-refractivity contribution in [3.63, 3.8) is 0 Å². The van der Waals surface area contributed by atoms with Gasteiger partial charge in [0.15, 0.2) is 5.96 Å². The largest absolute Gasteiger partial charge is 0.374 e. The van der Waals surface area contributed by atoms with Crippen molar-refractivity contribution >= 4 is 5.96 Å². The van der Waals surface area contributed by atoms with Crippen molar-refractivity contribution < 1.29 is 4.74 Å². The SMILES string of the molecule is CCCC1CC1NC(=NC)NCC1CN(CC(C)C)CCO1. The normalized spacial score (nSPS) is 29.7. The summed E-state index contributed by atoms with van der Waals surface area (Å²) in [6.45, 7) is 11.7. The number of nitrogens with one attached hydrogen (secondary N) is 2. The molecule has 5 nitrogen and oxygen atoms in total. The molecule has 3 atom stereocenters. The standard InChI is InChI=1S/C17H34N4O/c1-5-6-14-9-16(14)20-17(18-4)19-10-15-12-21(7-8-22-15)11-13(2)3/h13-16H,5-12H2,1-4H3,(H2,18,19,20). The summed E-state index contributed by atoms with van der Waals surface area (Å²) in [7, 11) is 1.85. The van der Waals surface area contributed by atoms with E-state index in [1.807, 2.05) is 7.05 Å². The summed E-state index contributed by atoms with van der Waals surface area (Å²) in [6, 6.07) is 0.621. The van der Waals surface area contributed by atoms with Gasteiger partial charge in [-0.15, -0.1) is 0 Å². The first-order chi connectivity index (χ1) is 10.6. The molecular weight excluding hydrogens is 276 g/mol. The molecule has 22 heavy (non-hydrogen) atoms. The van der Waals surface area contributed by atoms with Crippen molar-refractivity contribution in [2.45, 2.75) is 52.2 Å². The van der Waals surface area contributed by atoms with Crippen LogP contribution in [0.2, 0.25) is 0 Å². The first-order valence-electron chi connectivity index (χ1n) is 8.93. The molecule has 1 saturated carbocycles. The Hall–Kier alpha value is -0.810. The maximum Gasteiger partial charge on any atom is 0.191 e. The lowest BCUT2D eigenvalue weighted by Gasteiger charge is -2.34. The molecule has 1 heterocycles. The van der Waals surface area contributed by atoms with Gasteiger partial charge in [0.25, 0.3) is 0 Å². The Kier molecular flexibility index (Phi) is 6.96. The molecule has 1 aliphatic heterocycles. The number of guanidine groups is 1. The van der Waals surface area contributed by atoms with Crippen molar-refractivity contribution in [3.05, 3.63) is 0 Å². The van der Waals surface area contributed by atoms with Gasteiger partial charge < -0.3 is 15.4 Å². The Morgan fingerprint density at radius 1 is 1.41 bits per heavy atom. The maximum atomic E-state index is 5.88. The highest BCUT2D eigenvalue weighted by Gasteiger charge is 2.36. The quantitative estimate of drug-likeness (QED) is 0.555. The minimum atomic E-state index is 0.261. The lowest BCUT2D eigenvalue weighted by Crippen LogP contribution is -2.50. The second kappa shape index (κ2) is 8.73. The number of hydrogen-bond donors (Lipinski definition) is 2. The van der Waals surface area contributed by atoms with Gasteiger partial charge in [0.2, 0.25) is 0 Å². The summed E-state index contributed by atoms with van der Waals surface area (Å²) in [5, 5.41) is 6.96. The van der Waals surface area contributed by atoms with Gasteiger partial charge in [-0.3, -0.25) is 9.89 Å². The Morgan fingerprint density at radius 3 is 2.91 bits per heavy atom. The molecule has 2 fully saturated rings. The van der Waals surface area contributed by atoms with Gasteiger partial charge in [0.1, 0.15) is 0 Å². The molecule has 5 heteroatoms. The van der Waals surface area contributed by atoms with Crippen LogP contribution in [-0.2, 0) is 4.74 Å². The molecule has 0 amide bonds. The van der Waals surface area contributed by atoms with E-state index in [2.05, 4.69) is 41.3 Å². The number of morpholine rings is 1. The third-order valence-electron chi connectivity index (χ3n) is 4.47. The van der Waals surface area contributed by atoms with E-state index in [9.17, 15) is 0 Å². The number of nitrogens with zero attached hydrogens (tertiary/aromatic N) is 2. The molecule has 0 spiro atoms. The van der Waals surface area contributed by atoms with Crippen molar-refractivity contribution in [2.24, 2.45) is 16.8 Å². The number of aliphatic imine (C=N–C) groups is 1. The Labute approximate surface area is 135 Å².